The van der Waals surface area contributed by atoms with Gasteiger partial charge in [0.25, 0.3) is 0 Å². The Bertz CT molecular complexity index is 952. The third-order valence-electron chi connectivity index (χ3n) is 8.32. The fraction of sp³-hybridized carbons (Fsp3) is 0.756. The molecule has 0 saturated heterocycles. The molecule has 0 unspecified atom stereocenters. The molecular weight excluding hydrogens is 651 g/mol. The van der Waals surface area contributed by atoms with Crippen molar-refractivity contribution in [1.82, 2.24) is 0 Å². The summed E-state index contributed by atoms with van der Waals surface area (Å²) in [5.41, 5.74) is 0. The highest BCUT2D eigenvalue weighted by atomic mass is 31.2. The molecule has 0 rings (SSSR count). The Hall–Kier alpha value is -1.99. The molecule has 0 amide bonds. The maximum Gasteiger partial charge on any atom is 0.469 e. The van der Waals surface area contributed by atoms with E-state index in [9.17, 15) is 14.2 Å². The number of ether oxygens (including phenoxy) is 2. The quantitative estimate of drug-likeness (QED) is 0.0284. The number of hydrogen-bond donors (Lipinski definition) is 2. The van der Waals surface area contributed by atoms with Crippen molar-refractivity contribution in [3.8, 4) is 0 Å². The van der Waals surface area contributed by atoms with Crippen molar-refractivity contribution in [2.75, 3.05) is 13.2 Å². The monoisotopic (exact) mass is 725 g/mol. The minimum atomic E-state index is -4.76. The second-order valence-corrected chi connectivity index (χ2v) is 14.5. The van der Waals surface area contributed by atoms with E-state index < -0.39 is 32.5 Å². The molecule has 2 N–H and O–H groups in total. The number of carbonyl (C=O) groups is 2. The fourth-order valence-electron chi connectivity index (χ4n) is 5.31. The van der Waals surface area contributed by atoms with Gasteiger partial charge in [0, 0.05) is 12.8 Å². The Labute approximate surface area is 305 Å². The third-order valence-corrected chi connectivity index (χ3v) is 8.81. The van der Waals surface area contributed by atoms with Crippen LogP contribution in [0.1, 0.15) is 181 Å². The van der Waals surface area contributed by atoms with Crippen LogP contribution in [0.25, 0.3) is 0 Å². The van der Waals surface area contributed by atoms with Gasteiger partial charge in [-0.1, -0.05) is 140 Å². The van der Waals surface area contributed by atoms with E-state index >= 15 is 0 Å². The largest absolute Gasteiger partial charge is 0.469 e. The van der Waals surface area contributed by atoms with E-state index in [1.807, 2.05) is 0 Å². The van der Waals surface area contributed by atoms with E-state index in [2.05, 4.69) is 67.0 Å². The molecule has 0 aromatic heterocycles. The molecule has 9 heteroatoms. The van der Waals surface area contributed by atoms with Crippen molar-refractivity contribution in [2.45, 2.75) is 187 Å². The summed E-state index contributed by atoms with van der Waals surface area (Å²) in [5.74, 6) is -0.921. The number of unbranched alkanes of at least 4 members (excludes halogenated alkanes) is 18. The standard InChI is InChI=1S/C41H73O8P/c1-3-5-7-9-11-13-15-17-19-20-22-24-26-28-30-32-34-36-41(43)49-39(38-48-50(44,45)46)37-47-40(42)35-33-31-29-27-25-23-21-18-16-14-12-10-8-6-4-2/h11,13,17-19,21-22,24,39H,3-10,12,14-16,20,23,25-38H2,1-2H3,(H2,44,45,46)/b13-11-,19-17-,21-18-,24-22-/t39-/m1/s1. The predicted molar refractivity (Wildman–Crippen MR) is 207 cm³/mol. The van der Waals surface area contributed by atoms with Crippen LogP contribution < -0.4 is 0 Å². The first-order chi connectivity index (χ1) is 24.3. The van der Waals surface area contributed by atoms with Crippen molar-refractivity contribution in [3.05, 3.63) is 48.6 Å². The summed E-state index contributed by atoms with van der Waals surface area (Å²) in [7, 11) is -4.76. The number of hydrogen-bond acceptors (Lipinski definition) is 6. The van der Waals surface area contributed by atoms with Crippen LogP contribution in [0.5, 0.6) is 0 Å². The van der Waals surface area contributed by atoms with Gasteiger partial charge >= 0.3 is 19.8 Å². The van der Waals surface area contributed by atoms with Crippen LogP contribution in [-0.4, -0.2) is 41.0 Å². The summed E-state index contributed by atoms with van der Waals surface area (Å²) in [6, 6.07) is 0. The Morgan fingerprint density at radius 2 is 0.900 bits per heavy atom. The zero-order chi connectivity index (χ0) is 36.8. The Morgan fingerprint density at radius 3 is 1.40 bits per heavy atom. The van der Waals surface area contributed by atoms with E-state index in [-0.39, 0.29) is 19.4 Å². The molecule has 0 spiro atoms. The van der Waals surface area contributed by atoms with E-state index in [0.29, 0.717) is 12.8 Å². The van der Waals surface area contributed by atoms with E-state index in [1.165, 1.54) is 70.6 Å². The highest BCUT2D eigenvalue weighted by Gasteiger charge is 2.22. The van der Waals surface area contributed by atoms with Gasteiger partial charge in [0.2, 0.25) is 0 Å². The van der Waals surface area contributed by atoms with Gasteiger partial charge in [-0.25, -0.2) is 4.57 Å². The van der Waals surface area contributed by atoms with Crippen LogP contribution in [0.2, 0.25) is 0 Å². The lowest BCUT2D eigenvalue weighted by molar-refractivity contribution is -0.161. The van der Waals surface area contributed by atoms with Crippen LogP contribution in [0.3, 0.4) is 0 Å². The van der Waals surface area contributed by atoms with Crippen molar-refractivity contribution in [2.24, 2.45) is 0 Å². The van der Waals surface area contributed by atoms with Gasteiger partial charge in [0.1, 0.15) is 6.61 Å². The van der Waals surface area contributed by atoms with E-state index in [0.717, 1.165) is 70.6 Å². The average molecular weight is 725 g/mol. The highest BCUT2D eigenvalue weighted by molar-refractivity contribution is 7.46. The van der Waals surface area contributed by atoms with Gasteiger partial charge in [-0.15, -0.1) is 0 Å². The van der Waals surface area contributed by atoms with Gasteiger partial charge in [0.15, 0.2) is 6.10 Å². The van der Waals surface area contributed by atoms with Crippen molar-refractivity contribution in [3.63, 3.8) is 0 Å². The van der Waals surface area contributed by atoms with Crippen LogP contribution in [0.4, 0.5) is 0 Å². The van der Waals surface area contributed by atoms with Gasteiger partial charge in [-0.3, -0.25) is 14.1 Å². The lowest BCUT2D eigenvalue weighted by Crippen LogP contribution is -2.29. The zero-order valence-corrected chi connectivity index (χ0v) is 32.7. The smallest absolute Gasteiger partial charge is 0.462 e. The van der Waals surface area contributed by atoms with Crippen LogP contribution in [0.15, 0.2) is 48.6 Å². The summed E-state index contributed by atoms with van der Waals surface area (Å²) in [5, 5.41) is 0. The predicted octanol–water partition coefficient (Wildman–Crippen LogP) is 12.0. The lowest BCUT2D eigenvalue weighted by atomic mass is 10.1. The van der Waals surface area contributed by atoms with Crippen LogP contribution >= 0.6 is 7.82 Å². The molecule has 1 atom stereocenters. The Balaban J connectivity index is 4.01. The molecule has 50 heavy (non-hydrogen) atoms. The van der Waals surface area contributed by atoms with Crippen molar-refractivity contribution >= 4 is 19.8 Å². The summed E-state index contributed by atoms with van der Waals surface area (Å²) < 4.78 is 26.3. The van der Waals surface area contributed by atoms with Gasteiger partial charge in [-0.2, -0.15) is 0 Å². The maximum absolute atomic E-state index is 12.4. The second kappa shape index (κ2) is 36.8. The first kappa shape index (κ1) is 48.0. The highest BCUT2D eigenvalue weighted by Crippen LogP contribution is 2.36. The van der Waals surface area contributed by atoms with Crippen LogP contribution in [0, 0.1) is 0 Å². The van der Waals surface area contributed by atoms with Gasteiger partial charge < -0.3 is 19.3 Å². The summed E-state index contributed by atoms with van der Waals surface area (Å²) in [6.07, 6.45) is 44.0. The average Bonchev–Trinajstić information content (AvgIpc) is 3.08. The van der Waals surface area contributed by atoms with Crippen LogP contribution in [-0.2, 0) is 28.2 Å². The molecule has 0 saturated carbocycles. The molecule has 0 aliphatic rings. The molecule has 0 heterocycles. The molecule has 0 aromatic rings. The SMILES string of the molecule is CCCCC/C=C\C/C=C\C/C=C\CCCCCCC(=O)O[C@H](COC(=O)CCCCCCC/C=C\CCCCCCCC)COP(=O)(O)O. The minimum absolute atomic E-state index is 0.183. The molecule has 0 bridgehead atoms. The summed E-state index contributed by atoms with van der Waals surface area (Å²) >= 11 is 0. The Kier molecular flexibility index (Phi) is 35.3. The first-order valence-electron chi connectivity index (χ1n) is 19.9. The molecule has 0 aliphatic carbocycles. The number of esters is 2. The molecule has 0 aliphatic heterocycles. The van der Waals surface area contributed by atoms with Crippen molar-refractivity contribution in [1.29, 1.82) is 0 Å². The van der Waals surface area contributed by atoms with Crippen molar-refractivity contribution < 1.29 is 37.9 Å². The van der Waals surface area contributed by atoms with Gasteiger partial charge in [0.05, 0.1) is 6.61 Å². The number of rotatable bonds is 36. The van der Waals surface area contributed by atoms with Gasteiger partial charge in [-0.05, 0) is 77.0 Å². The molecule has 0 radical (unpaired) electrons. The third kappa shape index (κ3) is 38.8. The molecular formula is C41H73O8P. The van der Waals surface area contributed by atoms with E-state index in [1.54, 1.807) is 0 Å². The molecule has 8 nitrogen and oxygen atoms in total. The van der Waals surface area contributed by atoms with E-state index in [4.69, 9.17) is 19.3 Å². The summed E-state index contributed by atoms with van der Waals surface area (Å²) in [4.78, 5) is 42.8. The fourth-order valence-corrected chi connectivity index (χ4v) is 5.67. The summed E-state index contributed by atoms with van der Waals surface area (Å²) in [6.45, 7) is 3.62. The number of phosphoric acid groups is 1. The number of allylic oxidation sites excluding steroid dienone is 8. The topological polar surface area (TPSA) is 119 Å². The molecule has 0 aromatic carbocycles. The number of carbonyl (C=O) groups excluding carboxylic acids is 2. The maximum atomic E-state index is 12.4. The number of phosphoric ester groups is 1. The molecule has 0 fully saturated rings. The minimum Gasteiger partial charge on any atom is -0.462 e. The zero-order valence-electron chi connectivity index (χ0n) is 31.8. The molecule has 290 valence electrons. The normalized spacial score (nSPS) is 13.0. The Morgan fingerprint density at radius 1 is 0.520 bits per heavy atom. The first-order valence-corrected chi connectivity index (χ1v) is 21.5. The lowest BCUT2D eigenvalue weighted by Gasteiger charge is -2.18. The second-order valence-electron chi connectivity index (χ2n) is 13.2.